The Kier molecular flexibility index (Phi) is 4.81. The van der Waals surface area contributed by atoms with Crippen molar-refractivity contribution in [2.75, 3.05) is 23.3 Å². The smallest absolute Gasteiger partial charge is 0.275 e. The van der Waals surface area contributed by atoms with E-state index in [2.05, 4.69) is 30.6 Å². The summed E-state index contributed by atoms with van der Waals surface area (Å²) in [6.45, 7) is 1.92. The topological polar surface area (TPSA) is 85.8 Å². The molecule has 8 nitrogen and oxygen atoms in total. The lowest BCUT2D eigenvalue weighted by Crippen LogP contribution is -2.38. The van der Waals surface area contributed by atoms with E-state index in [1.54, 1.807) is 24.5 Å². The molecule has 2 N–H and O–H groups in total. The SMILES string of the molecule is O=C(Nc1ccnc(N2CCC2)c1)C1=CNC2C=CC(c3cncc(C(F)F)c3)=NN12. The molecule has 0 radical (unpaired) electrons. The van der Waals surface area contributed by atoms with Gasteiger partial charge in [-0.1, -0.05) is 0 Å². The summed E-state index contributed by atoms with van der Waals surface area (Å²) in [5.41, 5.74) is 1.66. The summed E-state index contributed by atoms with van der Waals surface area (Å²) in [6, 6.07) is 4.92. The summed E-state index contributed by atoms with van der Waals surface area (Å²) < 4.78 is 26.0. The van der Waals surface area contributed by atoms with E-state index < -0.39 is 6.43 Å². The zero-order valence-corrected chi connectivity index (χ0v) is 16.4. The second-order valence-corrected chi connectivity index (χ2v) is 7.34. The Labute approximate surface area is 177 Å². The highest BCUT2D eigenvalue weighted by atomic mass is 19.3. The van der Waals surface area contributed by atoms with Gasteiger partial charge in [-0.2, -0.15) is 5.10 Å². The van der Waals surface area contributed by atoms with E-state index in [4.69, 9.17) is 0 Å². The number of halogens is 2. The Bertz CT molecular complexity index is 1110. The summed E-state index contributed by atoms with van der Waals surface area (Å²) in [4.78, 5) is 23.3. The fourth-order valence-corrected chi connectivity index (χ4v) is 3.49. The molecule has 1 fully saturated rings. The molecule has 5 heterocycles. The molecule has 0 aromatic carbocycles. The number of aromatic nitrogens is 2. The number of rotatable bonds is 5. The number of carbonyl (C=O) groups is 1. The van der Waals surface area contributed by atoms with Crippen molar-refractivity contribution in [2.24, 2.45) is 5.10 Å². The third kappa shape index (κ3) is 3.72. The Morgan fingerprint density at radius 2 is 2.13 bits per heavy atom. The van der Waals surface area contributed by atoms with Crippen LogP contribution >= 0.6 is 0 Å². The van der Waals surface area contributed by atoms with Crippen molar-refractivity contribution in [3.63, 3.8) is 0 Å². The average molecular weight is 423 g/mol. The number of allylic oxidation sites excluding steroid dienone is 1. The summed E-state index contributed by atoms with van der Waals surface area (Å²) in [6.07, 6.45) is 7.56. The molecule has 5 rings (SSSR count). The van der Waals surface area contributed by atoms with E-state index in [1.165, 1.54) is 17.3 Å². The number of hydrogen-bond acceptors (Lipinski definition) is 7. The van der Waals surface area contributed by atoms with E-state index in [1.807, 2.05) is 12.1 Å². The Morgan fingerprint density at radius 3 is 2.90 bits per heavy atom. The van der Waals surface area contributed by atoms with Crippen molar-refractivity contribution in [3.05, 3.63) is 72.0 Å². The van der Waals surface area contributed by atoms with Gasteiger partial charge in [0, 0.05) is 60.8 Å². The molecular weight excluding hydrogens is 404 g/mol. The van der Waals surface area contributed by atoms with Crippen molar-refractivity contribution in [1.29, 1.82) is 0 Å². The quantitative estimate of drug-likeness (QED) is 0.769. The Balaban J connectivity index is 1.35. The fraction of sp³-hybridized carbons (Fsp3) is 0.238. The summed E-state index contributed by atoms with van der Waals surface area (Å²) >= 11 is 0. The van der Waals surface area contributed by atoms with Gasteiger partial charge in [-0.05, 0) is 30.7 Å². The van der Waals surface area contributed by atoms with E-state index in [0.29, 0.717) is 22.7 Å². The summed E-state index contributed by atoms with van der Waals surface area (Å²) in [5, 5.41) is 12.0. The van der Waals surface area contributed by atoms with Gasteiger partial charge in [-0.3, -0.25) is 9.78 Å². The molecule has 10 heteroatoms. The molecule has 3 aliphatic heterocycles. The third-order valence-corrected chi connectivity index (χ3v) is 5.28. The number of nitrogens with one attached hydrogen (secondary N) is 2. The van der Waals surface area contributed by atoms with Crippen LogP contribution in [0.2, 0.25) is 0 Å². The van der Waals surface area contributed by atoms with E-state index in [0.717, 1.165) is 31.5 Å². The number of carbonyl (C=O) groups excluding carboxylic acids is 1. The molecule has 1 saturated heterocycles. The predicted molar refractivity (Wildman–Crippen MR) is 111 cm³/mol. The standard InChI is InChI=1S/C21H19F2N7O/c22-20(23)14-8-13(10-24-11-14)16-2-3-18-26-12-17(30(18)28-16)21(31)27-15-4-5-25-19(9-15)29-6-1-7-29/h2-5,8-12,18,20,26H,1,6-7H2,(H,25,27,31). The molecule has 1 unspecified atom stereocenters. The second-order valence-electron chi connectivity index (χ2n) is 7.34. The highest BCUT2D eigenvalue weighted by Crippen LogP contribution is 2.25. The zero-order valence-electron chi connectivity index (χ0n) is 16.4. The highest BCUT2D eigenvalue weighted by molar-refractivity contribution is 6.10. The van der Waals surface area contributed by atoms with Gasteiger partial charge >= 0.3 is 0 Å². The van der Waals surface area contributed by atoms with Crippen LogP contribution in [0.1, 0.15) is 24.0 Å². The predicted octanol–water partition coefficient (Wildman–Crippen LogP) is 2.61. The van der Waals surface area contributed by atoms with Gasteiger partial charge in [-0.15, -0.1) is 0 Å². The second kappa shape index (κ2) is 7.78. The minimum atomic E-state index is -2.62. The molecule has 31 heavy (non-hydrogen) atoms. The molecule has 1 atom stereocenters. The van der Waals surface area contributed by atoms with Crippen molar-refractivity contribution < 1.29 is 13.6 Å². The van der Waals surface area contributed by atoms with Crippen LogP contribution in [0.4, 0.5) is 20.3 Å². The lowest BCUT2D eigenvalue weighted by atomic mass is 10.1. The molecule has 158 valence electrons. The summed E-state index contributed by atoms with van der Waals surface area (Å²) in [7, 11) is 0. The van der Waals surface area contributed by atoms with E-state index >= 15 is 0 Å². The van der Waals surface area contributed by atoms with Crippen LogP contribution in [0.3, 0.4) is 0 Å². The zero-order chi connectivity index (χ0) is 21.4. The van der Waals surface area contributed by atoms with Gasteiger partial charge in [0.25, 0.3) is 12.3 Å². The number of fused-ring (bicyclic) bond motifs is 1. The van der Waals surface area contributed by atoms with E-state index in [-0.39, 0.29) is 17.6 Å². The molecule has 0 saturated carbocycles. The first-order valence-corrected chi connectivity index (χ1v) is 9.86. The number of amides is 1. The molecule has 1 amide bonds. The van der Waals surface area contributed by atoms with Crippen LogP contribution in [0, 0.1) is 0 Å². The van der Waals surface area contributed by atoms with Crippen molar-refractivity contribution in [2.45, 2.75) is 19.0 Å². The number of nitrogens with zero attached hydrogens (tertiary/aromatic N) is 5. The maximum atomic E-state index is 13.0. The van der Waals surface area contributed by atoms with Crippen LogP contribution < -0.4 is 15.5 Å². The monoisotopic (exact) mass is 423 g/mol. The van der Waals surface area contributed by atoms with Crippen molar-refractivity contribution in [3.8, 4) is 0 Å². The normalized spacial score (nSPS) is 19.4. The first-order valence-electron chi connectivity index (χ1n) is 9.86. The minimum Gasteiger partial charge on any atom is -0.365 e. The van der Waals surface area contributed by atoms with Gasteiger partial charge in [-0.25, -0.2) is 18.8 Å². The van der Waals surface area contributed by atoms with Gasteiger partial charge < -0.3 is 15.5 Å². The number of hydrazone groups is 1. The lowest BCUT2D eigenvalue weighted by molar-refractivity contribution is -0.114. The average Bonchev–Trinajstić information content (AvgIpc) is 3.16. The van der Waals surface area contributed by atoms with Crippen molar-refractivity contribution >= 4 is 23.1 Å². The third-order valence-electron chi connectivity index (χ3n) is 5.28. The maximum absolute atomic E-state index is 13.0. The Hall–Kier alpha value is -3.82. The van der Waals surface area contributed by atoms with Gasteiger partial charge in [0.05, 0.1) is 5.71 Å². The lowest BCUT2D eigenvalue weighted by Gasteiger charge is -2.32. The minimum absolute atomic E-state index is 0.181. The number of anilines is 2. The van der Waals surface area contributed by atoms with Gasteiger partial charge in [0.2, 0.25) is 0 Å². The highest BCUT2D eigenvalue weighted by Gasteiger charge is 2.31. The number of hydrogen-bond donors (Lipinski definition) is 2. The molecule has 3 aliphatic rings. The molecule has 2 aromatic heterocycles. The van der Waals surface area contributed by atoms with Gasteiger partial charge in [0.15, 0.2) is 0 Å². The largest absolute Gasteiger partial charge is 0.365 e. The van der Waals surface area contributed by atoms with Crippen LogP contribution in [0.25, 0.3) is 0 Å². The Morgan fingerprint density at radius 1 is 1.26 bits per heavy atom. The molecule has 0 bridgehead atoms. The van der Waals surface area contributed by atoms with Crippen LogP contribution in [0.5, 0.6) is 0 Å². The summed E-state index contributed by atoms with van der Waals surface area (Å²) in [5.74, 6) is 0.488. The molecule has 0 aliphatic carbocycles. The fourth-order valence-electron chi connectivity index (χ4n) is 3.49. The van der Waals surface area contributed by atoms with Crippen molar-refractivity contribution in [1.82, 2.24) is 20.3 Å². The van der Waals surface area contributed by atoms with E-state index in [9.17, 15) is 13.6 Å². The molecule has 2 aromatic rings. The van der Waals surface area contributed by atoms with Crippen LogP contribution in [-0.4, -0.2) is 45.9 Å². The first-order chi connectivity index (χ1) is 15.1. The number of pyridine rings is 2. The maximum Gasteiger partial charge on any atom is 0.275 e. The van der Waals surface area contributed by atoms with Crippen LogP contribution in [-0.2, 0) is 4.79 Å². The first kappa shape index (κ1) is 19.2. The van der Waals surface area contributed by atoms with Crippen LogP contribution in [0.15, 0.2) is 65.9 Å². The molecule has 0 spiro atoms. The number of alkyl halides is 2. The molecular formula is C21H19F2N7O. The van der Waals surface area contributed by atoms with Gasteiger partial charge in [0.1, 0.15) is 17.7 Å².